The van der Waals surface area contributed by atoms with Gasteiger partial charge in [-0.3, -0.25) is 9.52 Å². The van der Waals surface area contributed by atoms with Gasteiger partial charge in [-0.15, -0.1) is 0 Å². The van der Waals surface area contributed by atoms with Crippen LogP contribution in [0.2, 0.25) is 0 Å². The number of ether oxygens (including phenoxy) is 1. The molecule has 0 bridgehead atoms. The van der Waals surface area contributed by atoms with E-state index in [0.717, 1.165) is 11.1 Å². The molecule has 0 aliphatic carbocycles. The van der Waals surface area contributed by atoms with Crippen LogP contribution in [0.25, 0.3) is 0 Å². The SMILES string of the molecule is Cc1ccc(S(=O)(=O)Nc2ccc(C(=O)OCC(=O)NC(C)C)cc2)cc1C. The topological polar surface area (TPSA) is 102 Å². The highest BCUT2D eigenvalue weighted by atomic mass is 32.2. The molecule has 0 aromatic heterocycles. The molecule has 0 heterocycles. The van der Waals surface area contributed by atoms with Gasteiger partial charge in [0, 0.05) is 11.7 Å². The Bertz CT molecular complexity index is 967. The minimum absolute atomic E-state index is 0.0455. The van der Waals surface area contributed by atoms with E-state index in [1.165, 1.54) is 24.3 Å². The van der Waals surface area contributed by atoms with Crippen molar-refractivity contribution in [2.75, 3.05) is 11.3 Å². The molecular formula is C20H24N2O5S. The number of carbonyl (C=O) groups is 2. The maximum Gasteiger partial charge on any atom is 0.338 e. The highest BCUT2D eigenvalue weighted by Crippen LogP contribution is 2.19. The fourth-order valence-electron chi connectivity index (χ4n) is 2.35. The average molecular weight is 404 g/mol. The number of benzene rings is 2. The Balaban J connectivity index is 2.02. The second-order valence-electron chi connectivity index (χ2n) is 6.73. The Hall–Kier alpha value is -2.87. The van der Waals surface area contributed by atoms with Crippen LogP contribution in [-0.4, -0.2) is 32.9 Å². The van der Waals surface area contributed by atoms with Crippen LogP contribution in [-0.2, 0) is 19.6 Å². The highest BCUT2D eigenvalue weighted by Gasteiger charge is 2.16. The molecule has 1 amide bonds. The Morgan fingerprint density at radius 1 is 1.00 bits per heavy atom. The number of hydrogen-bond acceptors (Lipinski definition) is 5. The lowest BCUT2D eigenvalue weighted by Gasteiger charge is -2.11. The van der Waals surface area contributed by atoms with Gasteiger partial charge in [-0.1, -0.05) is 6.07 Å². The van der Waals surface area contributed by atoms with Crippen LogP contribution in [0.1, 0.15) is 35.3 Å². The summed E-state index contributed by atoms with van der Waals surface area (Å²) < 4.78 is 32.4. The van der Waals surface area contributed by atoms with Crippen molar-refractivity contribution in [3.05, 3.63) is 59.2 Å². The Kier molecular flexibility index (Phi) is 6.80. The molecule has 0 saturated carbocycles. The summed E-state index contributed by atoms with van der Waals surface area (Å²) in [7, 11) is -3.74. The number of rotatable bonds is 7. The minimum Gasteiger partial charge on any atom is -0.452 e. The fraction of sp³-hybridized carbons (Fsp3) is 0.300. The van der Waals surface area contributed by atoms with Crippen molar-refractivity contribution in [3.63, 3.8) is 0 Å². The molecule has 28 heavy (non-hydrogen) atoms. The van der Waals surface area contributed by atoms with E-state index < -0.39 is 16.0 Å². The molecule has 0 aliphatic heterocycles. The van der Waals surface area contributed by atoms with E-state index in [9.17, 15) is 18.0 Å². The van der Waals surface area contributed by atoms with Crippen LogP contribution in [0.4, 0.5) is 5.69 Å². The number of carbonyl (C=O) groups excluding carboxylic acids is 2. The Morgan fingerprint density at radius 2 is 1.64 bits per heavy atom. The first-order chi connectivity index (χ1) is 13.1. The van der Waals surface area contributed by atoms with Crippen LogP contribution in [0.5, 0.6) is 0 Å². The molecule has 2 aromatic carbocycles. The van der Waals surface area contributed by atoms with Crippen LogP contribution >= 0.6 is 0 Å². The largest absolute Gasteiger partial charge is 0.452 e. The normalized spacial score (nSPS) is 11.2. The summed E-state index contributed by atoms with van der Waals surface area (Å²) in [5, 5.41) is 2.61. The van der Waals surface area contributed by atoms with Crippen molar-refractivity contribution in [1.82, 2.24) is 5.32 Å². The van der Waals surface area contributed by atoms with Crippen molar-refractivity contribution in [3.8, 4) is 0 Å². The van der Waals surface area contributed by atoms with Gasteiger partial charge in [-0.05, 0) is 75.2 Å². The molecule has 0 atom stereocenters. The van der Waals surface area contributed by atoms with Crippen molar-refractivity contribution >= 4 is 27.6 Å². The van der Waals surface area contributed by atoms with Gasteiger partial charge >= 0.3 is 5.97 Å². The maximum absolute atomic E-state index is 12.5. The van der Waals surface area contributed by atoms with Gasteiger partial charge in [0.2, 0.25) is 0 Å². The molecular weight excluding hydrogens is 380 g/mol. The monoisotopic (exact) mass is 404 g/mol. The predicted molar refractivity (Wildman–Crippen MR) is 107 cm³/mol. The molecule has 2 N–H and O–H groups in total. The van der Waals surface area contributed by atoms with Crippen molar-refractivity contribution < 1.29 is 22.7 Å². The number of anilines is 1. The van der Waals surface area contributed by atoms with E-state index in [2.05, 4.69) is 10.0 Å². The van der Waals surface area contributed by atoms with E-state index >= 15 is 0 Å². The standard InChI is InChI=1S/C20H24N2O5S/c1-13(2)21-19(23)12-27-20(24)16-6-8-17(9-7-16)22-28(25,26)18-10-5-14(3)15(4)11-18/h5-11,13,22H,12H2,1-4H3,(H,21,23). The van der Waals surface area contributed by atoms with Gasteiger partial charge in [0.15, 0.2) is 6.61 Å². The quantitative estimate of drug-likeness (QED) is 0.691. The van der Waals surface area contributed by atoms with Gasteiger partial charge in [0.1, 0.15) is 0 Å². The second kappa shape index (κ2) is 8.88. The lowest BCUT2D eigenvalue weighted by molar-refractivity contribution is -0.124. The summed E-state index contributed by atoms with van der Waals surface area (Å²) in [4.78, 5) is 23.7. The number of esters is 1. The number of amides is 1. The van der Waals surface area contributed by atoms with Gasteiger partial charge in [-0.2, -0.15) is 0 Å². The van der Waals surface area contributed by atoms with Crippen LogP contribution < -0.4 is 10.0 Å². The third-order valence-corrected chi connectivity index (χ3v) is 5.32. The summed E-state index contributed by atoms with van der Waals surface area (Å²) in [5.74, 6) is -1.05. The molecule has 8 heteroatoms. The van der Waals surface area contributed by atoms with Crippen molar-refractivity contribution in [2.24, 2.45) is 0 Å². The second-order valence-corrected chi connectivity index (χ2v) is 8.41. The van der Waals surface area contributed by atoms with Crippen LogP contribution in [0.3, 0.4) is 0 Å². The van der Waals surface area contributed by atoms with E-state index in [1.54, 1.807) is 32.0 Å². The van der Waals surface area contributed by atoms with E-state index in [-0.39, 0.29) is 29.0 Å². The molecule has 0 saturated heterocycles. The Labute approximate surface area is 165 Å². The first-order valence-electron chi connectivity index (χ1n) is 8.75. The predicted octanol–water partition coefficient (Wildman–Crippen LogP) is 2.79. The number of hydrogen-bond donors (Lipinski definition) is 2. The maximum atomic E-state index is 12.5. The molecule has 150 valence electrons. The zero-order chi connectivity index (χ0) is 20.9. The lowest BCUT2D eigenvalue weighted by Crippen LogP contribution is -2.33. The van der Waals surface area contributed by atoms with Crippen LogP contribution in [0, 0.1) is 13.8 Å². The molecule has 0 radical (unpaired) electrons. The van der Waals surface area contributed by atoms with Gasteiger partial charge in [-0.25, -0.2) is 13.2 Å². The molecule has 7 nitrogen and oxygen atoms in total. The molecule has 2 rings (SSSR count). The van der Waals surface area contributed by atoms with Crippen molar-refractivity contribution in [2.45, 2.75) is 38.6 Å². The molecule has 0 spiro atoms. The minimum atomic E-state index is -3.74. The van der Waals surface area contributed by atoms with Crippen molar-refractivity contribution in [1.29, 1.82) is 0 Å². The average Bonchev–Trinajstić information content (AvgIpc) is 2.61. The van der Waals surface area contributed by atoms with E-state index in [1.807, 2.05) is 13.8 Å². The number of nitrogens with one attached hydrogen (secondary N) is 2. The van der Waals surface area contributed by atoms with Gasteiger partial charge < -0.3 is 10.1 Å². The zero-order valence-corrected chi connectivity index (χ0v) is 17.1. The summed E-state index contributed by atoms with van der Waals surface area (Å²) >= 11 is 0. The molecule has 0 fully saturated rings. The molecule has 2 aromatic rings. The first kappa shape index (κ1) is 21.4. The molecule has 0 unspecified atom stereocenters. The van der Waals surface area contributed by atoms with Gasteiger partial charge in [0.05, 0.1) is 10.5 Å². The highest BCUT2D eigenvalue weighted by molar-refractivity contribution is 7.92. The summed E-state index contributed by atoms with van der Waals surface area (Å²) in [5.41, 5.74) is 2.41. The molecule has 0 aliphatic rings. The van der Waals surface area contributed by atoms with Crippen LogP contribution in [0.15, 0.2) is 47.4 Å². The Morgan fingerprint density at radius 3 is 2.21 bits per heavy atom. The third kappa shape index (κ3) is 5.82. The zero-order valence-electron chi connectivity index (χ0n) is 16.3. The first-order valence-corrected chi connectivity index (χ1v) is 10.2. The summed E-state index contributed by atoms with van der Waals surface area (Å²) in [6.45, 7) is 6.98. The smallest absolute Gasteiger partial charge is 0.338 e. The summed E-state index contributed by atoms with van der Waals surface area (Å²) in [6.07, 6.45) is 0. The third-order valence-electron chi connectivity index (χ3n) is 3.95. The fourth-order valence-corrected chi connectivity index (χ4v) is 3.49. The lowest BCUT2D eigenvalue weighted by atomic mass is 10.1. The number of sulfonamides is 1. The van der Waals surface area contributed by atoms with E-state index in [0.29, 0.717) is 5.69 Å². The van der Waals surface area contributed by atoms with Gasteiger partial charge in [0.25, 0.3) is 15.9 Å². The van der Waals surface area contributed by atoms with E-state index in [4.69, 9.17) is 4.74 Å². The number of aryl methyl sites for hydroxylation is 2. The summed E-state index contributed by atoms with van der Waals surface area (Å²) in [6, 6.07) is 10.6.